The monoisotopic (exact) mass is 290 g/mol. The van der Waals surface area contributed by atoms with Crippen LogP contribution in [0.1, 0.15) is 18.1 Å². The van der Waals surface area contributed by atoms with Crippen LogP contribution in [-0.2, 0) is 13.0 Å². The Balaban J connectivity index is 1.91. The smallest absolute Gasteiger partial charge is 0.319 e. The Hall–Kier alpha value is -2.43. The van der Waals surface area contributed by atoms with E-state index >= 15 is 0 Å². The van der Waals surface area contributed by atoms with Gasteiger partial charge in [0.2, 0.25) is 0 Å². The van der Waals surface area contributed by atoms with E-state index < -0.39 is 17.7 Å². The maximum Gasteiger partial charge on any atom is 0.319 e. The number of anilines is 1. The SMILES string of the molecule is CCc1ccc(NC(=O)NCc2cc(F)ccc2F)cc1. The summed E-state index contributed by atoms with van der Waals surface area (Å²) in [6.07, 6.45) is 0.922. The molecule has 0 aliphatic heterocycles. The molecule has 0 saturated heterocycles. The highest BCUT2D eigenvalue weighted by Gasteiger charge is 2.06. The van der Waals surface area contributed by atoms with Crippen LogP contribution in [-0.4, -0.2) is 6.03 Å². The van der Waals surface area contributed by atoms with Gasteiger partial charge in [0, 0.05) is 17.8 Å². The largest absolute Gasteiger partial charge is 0.334 e. The van der Waals surface area contributed by atoms with Gasteiger partial charge in [-0.05, 0) is 42.3 Å². The van der Waals surface area contributed by atoms with Crippen LogP contribution in [0.5, 0.6) is 0 Å². The van der Waals surface area contributed by atoms with Crippen molar-refractivity contribution in [3.63, 3.8) is 0 Å². The van der Waals surface area contributed by atoms with Gasteiger partial charge in [-0.25, -0.2) is 13.6 Å². The Morgan fingerprint density at radius 3 is 2.48 bits per heavy atom. The van der Waals surface area contributed by atoms with E-state index in [1.165, 1.54) is 5.56 Å². The van der Waals surface area contributed by atoms with E-state index in [2.05, 4.69) is 10.6 Å². The van der Waals surface area contributed by atoms with Crippen LogP contribution in [0, 0.1) is 11.6 Å². The molecule has 5 heteroatoms. The van der Waals surface area contributed by atoms with Gasteiger partial charge < -0.3 is 10.6 Å². The molecule has 0 aromatic heterocycles. The maximum atomic E-state index is 13.4. The van der Waals surface area contributed by atoms with Crippen molar-refractivity contribution in [3.8, 4) is 0 Å². The molecule has 110 valence electrons. The minimum Gasteiger partial charge on any atom is -0.334 e. The van der Waals surface area contributed by atoms with Gasteiger partial charge in [0.1, 0.15) is 11.6 Å². The van der Waals surface area contributed by atoms with Crippen molar-refractivity contribution in [2.24, 2.45) is 0 Å². The zero-order chi connectivity index (χ0) is 15.2. The Morgan fingerprint density at radius 1 is 1.10 bits per heavy atom. The van der Waals surface area contributed by atoms with Crippen molar-refractivity contribution >= 4 is 11.7 Å². The maximum absolute atomic E-state index is 13.4. The van der Waals surface area contributed by atoms with Crippen LogP contribution in [0.15, 0.2) is 42.5 Å². The molecule has 0 atom stereocenters. The van der Waals surface area contributed by atoms with Gasteiger partial charge in [-0.2, -0.15) is 0 Å². The fraction of sp³-hybridized carbons (Fsp3) is 0.188. The number of rotatable bonds is 4. The number of nitrogens with one attached hydrogen (secondary N) is 2. The third-order valence-electron chi connectivity index (χ3n) is 3.07. The predicted molar refractivity (Wildman–Crippen MR) is 78.0 cm³/mol. The number of hydrogen-bond donors (Lipinski definition) is 2. The highest BCUT2D eigenvalue weighted by atomic mass is 19.1. The number of carbonyl (C=O) groups excluding carboxylic acids is 1. The summed E-state index contributed by atoms with van der Waals surface area (Å²) >= 11 is 0. The molecule has 0 unspecified atom stereocenters. The Bertz CT molecular complexity index is 627. The lowest BCUT2D eigenvalue weighted by Gasteiger charge is -2.09. The minimum absolute atomic E-state index is 0.0809. The Morgan fingerprint density at radius 2 is 1.81 bits per heavy atom. The standard InChI is InChI=1S/C16H16F2N2O/c1-2-11-3-6-14(7-4-11)20-16(21)19-10-12-9-13(17)5-8-15(12)18/h3-9H,2,10H2,1H3,(H2,19,20,21). The highest BCUT2D eigenvalue weighted by molar-refractivity contribution is 5.89. The van der Waals surface area contributed by atoms with Crippen molar-refractivity contribution in [3.05, 3.63) is 65.2 Å². The predicted octanol–water partition coefficient (Wildman–Crippen LogP) is 3.85. The molecule has 2 aromatic carbocycles. The van der Waals surface area contributed by atoms with Crippen LogP contribution in [0.25, 0.3) is 0 Å². The molecular formula is C16H16F2N2O. The summed E-state index contributed by atoms with van der Waals surface area (Å²) in [6.45, 7) is 1.96. The average Bonchev–Trinajstić information content (AvgIpc) is 2.49. The third-order valence-corrected chi connectivity index (χ3v) is 3.07. The molecule has 21 heavy (non-hydrogen) atoms. The Kier molecular flexibility index (Phi) is 4.87. The zero-order valence-corrected chi connectivity index (χ0v) is 11.6. The third kappa shape index (κ3) is 4.27. The van der Waals surface area contributed by atoms with E-state index in [4.69, 9.17) is 0 Å². The minimum atomic E-state index is -0.552. The van der Waals surface area contributed by atoms with Crippen molar-refractivity contribution in [2.75, 3.05) is 5.32 Å². The topological polar surface area (TPSA) is 41.1 Å². The van der Waals surface area contributed by atoms with E-state index in [0.29, 0.717) is 5.69 Å². The molecule has 0 heterocycles. The number of carbonyl (C=O) groups is 1. The van der Waals surface area contributed by atoms with Crippen LogP contribution in [0.3, 0.4) is 0 Å². The molecule has 2 N–H and O–H groups in total. The highest BCUT2D eigenvalue weighted by Crippen LogP contribution is 2.11. The summed E-state index contributed by atoms with van der Waals surface area (Å²) in [5.41, 5.74) is 1.92. The molecule has 0 aliphatic rings. The number of benzene rings is 2. The first kappa shape index (κ1) is 15.0. The number of amides is 2. The summed E-state index contributed by atoms with van der Waals surface area (Å²) in [4.78, 5) is 11.7. The van der Waals surface area contributed by atoms with Gasteiger partial charge in [-0.15, -0.1) is 0 Å². The van der Waals surface area contributed by atoms with Crippen molar-refractivity contribution in [1.82, 2.24) is 5.32 Å². The van der Waals surface area contributed by atoms with Gasteiger partial charge in [-0.1, -0.05) is 19.1 Å². The van der Waals surface area contributed by atoms with E-state index in [1.54, 1.807) is 12.1 Å². The normalized spacial score (nSPS) is 10.2. The van der Waals surface area contributed by atoms with Crippen molar-refractivity contribution < 1.29 is 13.6 Å². The molecule has 0 fully saturated rings. The molecule has 0 spiro atoms. The Labute approximate surface area is 122 Å². The first-order valence-electron chi connectivity index (χ1n) is 6.66. The van der Waals surface area contributed by atoms with E-state index in [0.717, 1.165) is 24.6 Å². The second-order valence-corrected chi connectivity index (χ2v) is 4.59. The fourth-order valence-electron chi connectivity index (χ4n) is 1.85. The van der Waals surface area contributed by atoms with Crippen LogP contribution in [0.4, 0.5) is 19.3 Å². The van der Waals surface area contributed by atoms with Gasteiger partial charge in [0.05, 0.1) is 0 Å². The average molecular weight is 290 g/mol. The van der Waals surface area contributed by atoms with Crippen LogP contribution < -0.4 is 10.6 Å². The summed E-state index contributed by atoms with van der Waals surface area (Å²) in [5.74, 6) is -1.09. The van der Waals surface area contributed by atoms with Gasteiger partial charge >= 0.3 is 6.03 Å². The van der Waals surface area contributed by atoms with Crippen molar-refractivity contribution in [1.29, 1.82) is 0 Å². The zero-order valence-electron chi connectivity index (χ0n) is 11.6. The van der Waals surface area contributed by atoms with Gasteiger partial charge in [0.25, 0.3) is 0 Å². The fourth-order valence-corrected chi connectivity index (χ4v) is 1.85. The lowest BCUT2D eigenvalue weighted by atomic mass is 10.1. The second kappa shape index (κ2) is 6.83. The molecule has 0 saturated carbocycles. The number of urea groups is 1. The first-order valence-corrected chi connectivity index (χ1v) is 6.66. The quantitative estimate of drug-likeness (QED) is 0.882. The summed E-state index contributed by atoms with van der Waals surface area (Å²) in [6, 6.07) is 10.1. The molecule has 2 rings (SSSR count). The lowest BCUT2D eigenvalue weighted by molar-refractivity contribution is 0.251. The second-order valence-electron chi connectivity index (χ2n) is 4.59. The molecule has 2 amide bonds. The molecule has 0 aliphatic carbocycles. The molecule has 3 nitrogen and oxygen atoms in total. The molecular weight excluding hydrogens is 274 g/mol. The molecule has 0 radical (unpaired) electrons. The summed E-state index contributed by atoms with van der Waals surface area (Å²) < 4.78 is 26.4. The number of hydrogen-bond acceptors (Lipinski definition) is 1. The van der Waals surface area contributed by atoms with E-state index in [9.17, 15) is 13.6 Å². The first-order chi connectivity index (χ1) is 10.1. The van der Waals surface area contributed by atoms with Crippen molar-refractivity contribution in [2.45, 2.75) is 19.9 Å². The van der Waals surface area contributed by atoms with Gasteiger partial charge in [0.15, 0.2) is 0 Å². The molecule has 2 aromatic rings. The summed E-state index contributed by atoms with van der Waals surface area (Å²) in [7, 11) is 0. The molecule has 0 bridgehead atoms. The van der Waals surface area contributed by atoms with E-state index in [1.807, 2.05) is 19.1 Å². The van der Waals surface area contributed by atoms with Crippen LogP contribution >= 0.6 is 0 Å². The summed E-state index contributed by atoms with van der Waals surface area (Å²) in [5, 5.41) is 5.12. The number of halogens is 2. The van der Waals surface area contributed by atoms with Crippen LogP contribution in [0.2, 0.25) is 0 Å². The van der Waals surface area contributed by atoms with E-state index in [-0.39, 0.29) is 12.1 Å². The number of aryl methyl sites for hydroxylation is 1. The lowest BCUT2D eigenvalue weighted by Crippen LogP contribution is -2.28. The van der Waals surface area contributed by atoms with Gasteiger partial charge in [-0.3, -0.25) is 0 Å².